The molecule has 0 heterocycles. The molecule has 128 valence electrons. The van der Waals surface area contributed by atoms with Gasteiger partial charge in [0, 0.05) is 12.7 Å². The van der Waals surface area contributed by atoms with E-state index in [1.54, 1.807) is 38.2 Å². The number of likely N-dealkylation sites (N-methyl/N-ethyl adjacent to an activating group) is 1. The summed E-state index contributed by atoms with van der Waals surface area (Å²) in [6.07, 6.45) is 1.11. The van der Waals surface area contributed by atoms with Gasteiger partial charge in [0.25, 0.3) is 0 Å². The Balaban J connectivity index is 2.36. The van der Waals surface area contributed by atoms with Gasteiger partial charge in [-0.2, -0.15) is 0 Å². The van der Waals surface area contributed by atoms with E-state index in [-0.39, 0.29) is 5.91 Å². The highest BCUT2D eigenvalue weighted by Gasteiger charge is 2.31. The van der Waals surface area contributed by atoms with Gasteiger partial charge >= 0.3 is 0 Å². The number of nitrogens with zero attached hydrogens (tertiary/aromatic N) is 2. The summed E-state index contributed by atoms with van der Waals surface area (Å²) in [5.74, 6) is -0.299. The van der Waals surface area contributed by atoms with Gasteiger partial charge in [-0.15, -0.1) is 0 Å². The number of para-hydroxylation sites is 1. The van der Waals surface area contributed by atoms with Crippen molar-refractivity contribution < 1.29 is 13.2 Å². The van der Waals surface area contributed by atoms with Crippen LogP contribution in [0.3, 0.4) is 0 Å². The lowest BCUT2D eigenvalue weighted by atomic mass is 10.2. The van der Waals surface area contributed by atoms with E-state index < -0.39 is 16.1 Å². The molecule has 0 bridgehead atoms. The lowest BCUT2D eigenvalue weighted by Crippen LogP contribution is -2.48. The highest BCUT2D eigenvalue weighted by atomic mass is 32.2. The van der Waals surface area contributed by atoms with E-state index in [1.807, 2.05) is 37.3 Å². The molecule has 2 rings (SSSR count). The Morgan fingerprint density at radius 2 is 1.50 bits per heavy atom. The van der Waals surface area contributed by atoms with Crippen molar-refractivity contribution in [3.05, 3.63) is 60.2 Å². The molecule has 2 aromatic carbocycles. The Bertz CT molecular complexity index is 802. The molecular weight excluding hydrogens is 324 g/mol. The normalized spacial score (nSPS) is 12.5. The molecule has 0 radical (unpaired) electrons. The average molecular weight is 346 g/mol. The molecule has 0 spiro atoms. The first-order chi connectivity index (χ1) is 11.2. The predicted octanol–water partition coefficient (Wildman–Crippen LogP) is 2.81. The van der Waals surface area contributed by atoms with Crippen molar-refractivity contribution in [3.8, 4) is 0 Å². The molecular formula is C18H22N2O3S. The summed E-state index contributed by atoms with van der Waals surface area (Å²) in [6, 6.07) is 15.4. The smallest absolute Gasteiger partial charge is 0.250 e. The van der Waals surface area contributed by atoms with Crippen LogP contribution in [-0.4, -0.2) is 33.7 Å². The van der Waals surface area contributed by atoms with Crippen molar-refractivity contribution in [1.82, 2.24) is 0 Å². The minimum atomic E-state index is -3.60. The van der Waals surface area contributed by atoms with Gasteiger partial charge in [-0.05, 0) is 38.1 Å². The summed E-state index contributed by atoms with van der Waals surface area (Å²) in [4.78, 5) is 14.3. The van der Waals surface area contributed by atoms with Gasteiger partial charge in [0.15, 0.2) is 0 Å². The van der Waals surface area contributed by atoms with Crippen LogP contribution in [0.4, 0.5) is 11.4 Å². The standard InChI is InChI=1S/C18H22N2O3S/c1-14-10-12-17(13-11-14)20(24(4,22)23)15(2)18(21)19(3)16-8-6-5-7-9-16/h5-13,15H,1-4H3/t15-/m1/s1. The zero-order valence-corrected chi connectivity index (χ0v) is 15.1. The molecule has 0 aliphatic heterocycles. The van der Waals surface area contributed by atoms with Gasteiger partial charge in [-0.1, -0.05) is 35.9 Å². The molecule has 1 atom stereocenters. The maximum absolute atomic E-state index is 12.8. The number of hydrogen-bond donors (Lipinski definition) is 0. The SMILES string of the molecule is Cc1ccc(N([C@H](C)C(=O)N(C)c2ccccc2)S(C)(=O)=O)cc1. The van der Waals surface area contributed by atoms with E-state index in [0.717, 1.165) is 16.1 Å². The number of benzene rings is 2. The summed E-state index contributed by atoms with van der Waals surface area (Å²) in [6.45, 7) is 3.52. The van der Waals surface area contributed by atoms with Gasteiger partial charge in [-0.3, -0.25) is 9.10 Å². The number of carbonyl (C=O) groups is 1. The highest BCUT2D eigenvalue weighted by molar-refractivity contribution is 7.92. The van der Waals surface area contributed by atoms with E-state index in [4.69, 9.17) is 0 Å². The largest absolute Gasteiger partial charge is 0.314 e. The third-order valence-corrected chi connectivity index (χ3v) is 5.07. The summed E-state index contributed by atoms with van der Waals surface area (Å²) in [5.41, 5.74) is 2.21. The van der Waals surface area contributed by atoms with Crippen LogP contribution < -0.4 is 9.21 Å². The molecule has 0 aromatic heterocycles. The molecule has 0 aliphatic carbocycles. The molecule has 0 N–H and O–H groups in total. The van der Waals surface area contributed by atoms with E-state index in [0.29, 0.717) is 11.4 Å². The minimum absolute atomic E-state index is 0.299. The van der Waals surface area contributed by atoms with Crippen LogP contribution in [0.1, 0.15) is 12.5 Å². The molecule has 0 fully saturated rings. The zero-order chi connectivity index (χ0) is 17.9. The predicted molar refractivity (Wildman–Crippen MR) is 97.8 cm³/mol. The number of hydrogen-bond acceptors (Lipinski definition) is 3. The number of anilines is 2. The van der Waals surface area contributed by atoms with E-state index in [2.05, 4.69) is 0 Å². The van der Waals surface area contributed by atoms with E-state index in [9.17, 15) is 13.2 Å². The number of sulfonamides is 1. The zero-order valence-electron chi connectivity index (χ0n) is 14.3. The van der Waals surface area contributed by atoms with Crippen molar-refractivity contribution in [1.29, 1.82) is 0 Å². The fraction of sp³-hybridized carbons (Fsp3) is 0.278. The van der Waals surface area contributed by atoms with Gasteiger partial charge in [0.05, 0.1) is 11.9 Å². The minimum Gasteiger partial charge on any atom is -0.314 e. The Morgan fingerprint density at radius 1 is 0.958 bits per heavy atom. The summed E-state index contributed by atoms with van der Waals surface area (Å²) < 4.78 is 25.7. The maximum Gasteiger partial charge on any atom is 0.250 e. The van der Waals surface area contributed by atoms with Crippen LogP contribution in [-0.2, 0) is 14.8 Å². The van der Waals surface area contributed by atoms with Crippen molar-refractivity contribution in [2.24, 2.45) is 0 Å². The Kier molecular flexibility index (Phi) is 5.29. The molecule has 0 saturated carbocycles. The van der Waals surface area contributed by atoms with E-state index >= 15 is 0 Å². The quantitative estimate of drug-likeness (QED) is 0.836. The van der Waals surface area contributed by atoms with Gasteiger partial charge < -0.3 is 4.90 Å². The third kappa shape index (κ3) is 3.94. The first-order valence-corrected chi connectivity index (χ1v) is 9.45. The van der Waals surface area contributed by atoms with Crippen molar-refractivity contribution in [2.75, 3.05) is 22.5 Å². The first kappa shape index (κ1) is 18.0. The molecule has 0 saturated heterocycles. The number of amides is 1. The fourth-order valence-corrected chi connectivity index (χ4v) is 3.72. The molecule has 0 unspecified atom stereocenters. The number of rotatable bonds is 5. The van der Waals surface area contributed by atoms with Crippen LogP contribution in [0.15, 0.2) is 54.6 Å². The molecule has 1 amide bonds. The summed E-state index contributed by atoms with van der Waals surface area (Å²) in [5, 5.41) is 0. The topological polar surface area (TPSA) is 57.7 Å². The van der Waals surface area contributed by atoms with Crippen molar-refractivity contribution in [3.63, 3.8) is 0 Å². The second-order valence-corrected chi connectivity index (χ2v) is 7.66. The summed E-state index contributed by atoms with van der Waals surface area (Å²) in [7, 11) is -1.96. The molecule has 5 nitrogen and oxygen atoms in total. The maximum atomic E-state index is 12.8. The fourth-order valence-electron chi connectivity index (χ4n) is 2.55. The monoisotopic (exact) mass is 346 g/mol. The van der Waals surface area contributed by atoms with Gasteiger partial charge in [0.2, 0.25) is 15.9 Å². The number of aryl methyl sites for hydroxylation is 1. The molecule has 2 aromatic rings. The van der Waals surface area contributed by atoms with Gasteiger partial charge in [0.1, 0.15) is 6.04 Å². The van der Waals surface area contributed by atoms with Crippen molar-refractivity contribution in [2.45, 2.75) is 19.9 Å². The highest BCUT2D eigenvalue weighted by Crippen LogP contribution is 2.23. The lowest BCUT2D eigenvalue weighted by molar-refractivity contribution is -0.119. The molecule has 0 aliphatic rings. The summed E-state index contributed by atoms with van der Waals surface area (Å²) >= 11 is 0. The van der Waals surface area contributed by atoms with Crippen LogP contribution in [0, 0.1) is 6.92 Å². The second-order valence-electron chi connectivity index (χ2n) is 5.80. The van der Waals surface area contributed by atoms with Crippen LogP contribution in [0.2, 0.25) is 0 Å². The molecule has 24 heavy (non-hydrogen) atoms. The average Bonchev–Trinajstić information content (AvgIpc) is 2.55. The van der Waals surface area contributed by atoms with Crippen LogP contribution >= 0.6 is 0 Å². The van der Waals surface area contributed by atoms with Crippen LogP contribution in [0.5, 0.6) is 0 Å². The Morgan fingerprint density at radius 3 is 2.00 bits per heavy atom. The molecule has 6 heteroatoms. The second kappa shape index (κ2) is 7.05. The first-order valence-electron chi connectivity index (χ1n) is 7.60. The Hall–Kier alpha value is -2.34. The van der Waals surface area contributed by atoms with Crippen LogP contribution in [0.25, 0.3) is 0 Å². The lowest BCUT2D eigenvalue weighted by Gasteiger charge is -2.31. The van der Waals surface area contributed by atoms with Crippen molar-refractivity contribution >= 4 is 27.3 Å². The van der Waals surface area contributed by atoms with Gasteiger partial charge in [-0.25, -0.2) is 8.42 Å². The number of carbonyl (C=O) groups excluding carboxylic acids is 1. The third-order valence-electron chi connectivity index (χ3n) is 3.83. The van der Waals surface area contributed by atoms with E-state index in [1.165, 1.54) is 4.90 Å². The Labute approximate surface area is 143 Å².